The molecule has 0 fully saturated rings. The van der Waals surface area contributed by atoms with Gasteiger partial charge in [-0.2, -0.15) is 0 Å². The van der Waals surface area contributed by atoms with Gasteiger partial charge in [-0.15, -0.1) is 0 Å². The monoisotopic (exact) mass is 288 g/mol. The Bertz CT molecular complexity index is 379. The predicted octanol–water partition coefficient (Wildman–Crippen LogP) is 0.968. The first-order chi connectivity index (χ1) is 7.70. The van der Waals surface area contributed by atoms with E-state index in [2.05, 4.69) is 43.0 Å². The molecule has 2 N–H and O–H groups in total. The lowest BCUT2D eigenvalue weighted by Gasteiger charge is -2.23. The number of likely N-dealkylation sites (N-methyl/N-ethyl adjacent to an activating group) is 1. The highest BCUT2D eigenvalue weighted by atomic mass is 79.9. The summed E-state index contributed by atoms with van der Waals surface area (Å²) in [7, 11) is 1.91. The van der Waals surface area contributed by atoms with Crippen molar-refractivity contribution in [2.75, 3.05) is 31.6 Å². The van der Waals surface area contributed by atoms with Crippen LogP contribution in [0.15, 0.2) is 15.6 Å². The van der Waals surface area contributed by atoms with Crippen LogP contribution in [-0.4, -0.2) is 36.6 Å². The molecular weight excluding hydrogens is 272 g/mol. The third-order valence-corrected chi connectivity index (χ3v) is 2.92. The van der Waals surface area contributed by atoms with Gasteiger partial charge in [0.25, 0.3) is 5.56 Å². The molecule has 0 radical (unpaired) electrons. The molecule has 0 saturated heterocycles. The van der Waals surface area contributed by atoms with Gasteiger partial charge >= 0.3 is 0 Å². The van der Waals surface area contributed by atoms with Crippen LogP contribution >= 0.6 is 15.9 Å². The molecule has 0 bridgehead atoms. The first-order valence-electron chi connectivity index (χ1n) is 5.33. The first-order valence-corrected chi connectivity index (χ1v) is 6.12. The van der Waals surface area contributed by atoms with E-state index in [0.29, 0.717) is 10.3 Å². The van der Waals surface area contributed by atoms with Gasteiger partial charge in [0, 0.05) is 19.6 Å². The summed E-state index contributed by atoms with van der Waals surface area (Å²) in [5, 5.41) is 3.09. The summed E-state index contributed by atoms with van der Waals surface area (Å²) in [6.07, 6.45) is 2.45. The van der Waals surface area contributed by atoms with E-state index in [1.807, 2.05) is 7.05 Å². The Balaban J connectivity index is 2.91. The number of aromatic amines is 1. The van der Waals surface area contributed by atoms with E-state index in [1.54, 1.807) is 0 Å². The number of hydrogen-bond acceptors (Lipinski definition) is 4. The van der Waals surface area contributed by atoms with E-state index in [4.69, 9.17) is 0 Å². The van der Waals surface area contributed by atoms with Crippen molar-refractivity contribution < 1.29 is 0 Å². The van der Waals surface area contributed by atoms with Gasteiger partial charge in [0.15, 0.2) is 0 Å². The van der Waals surface area contributed by atoms with Gasteiger partial charge in [-0.05, 0) is 29.4 Å². The SMILES string of the molecule is CCCN(CCNC)c1nc[nH]c(=O)c1Br. The minimum Gasteiger partial charge on any atom is -0.354 e. The van der Waals surface area contributed by atoms with Gasteiger partial charge in [0.05, 0.1) is 6.33 Å². The zero-order chi connectivity index (χ0) is 12.0. The summed E-state index contributed by atoms with van der Waals surface area (Å²) in [5.74, 6) is 0.709. The molecule has 0 atom stereocenters. The van der Waals surface area contributed by atoms with Crippen LogP contribution in [0.2, 0.25) is 0 Å². The van der Waals surface area contributed by atoms with Gasteiger partial charge in [-0.1, -0.05) is 6.92 Å². The van der Waals surface area contributed by atoms with Crippen LogP contribution in [0.25, 0.3) is 0 Å². The number of nitrogens with zero attached hydrogens (tertiary/aromatic N) is 2. The van der Waals surface area contributed by atoms with E-state index in [0.717, 1.165) is 26.1 Å². The van der Waals surface area contributed by atoms with Gasteiger partial charge in [0.2, 0.25) is 0 Å². The lowest BCUT2D eigenvalue weighted by Crippen LogP contribution is -2.33. The van der Waals surface area contributed by atoms with E-state index < -0.39 is 0 Å². The second-order valence-electron chi connectivity index (χ2n) is 3.46. The molecule has 0 aliphatic rings. The third kappa shape index (κ3) is 3.31. The lowest BCUT2D eigenvalue weighted by atomic mass is 10.4. The number of rotatable bonds is 6. The van der Waals surface area contributed by atoms with Crippen LogP contribution in [0, 0.1) is 0 Å². The second-order valence-corrected chi connectivity index (χ2v) is 4.25. The zero-order valence-corrected chi connectivity index (χ0v) is 11.2. The molecule has 90 valence electrons. The van der Waals surface area contributed by atoms with Crippen molar-refractivity contribution in [1.29, 1.82) is 0 Å². The Hall–Kier alpha value is -0.880. The zero-order valence-electron chi connectivity index (χ0n) is 9.59. The van der Waals surface area contributed by atoms with Crippen molar-refractivity contribution in [3.05, 3.63) is 21.2 Å². The Morgan fingerprint density at radius 1 is 1.56 bits per heavy atom. The fourth-order valence-electron chi connectivity index (χ4n) is 1.43. The van der Waals surface area contributed by atoms with Crippen LogP contribution in [0.4, 0.5) is 5.82 Å². The van der Waals surface area contributed by atoms with Crippen LogP contribution in [0.1, 0.15) is 13.3 Å². The van der Waals surface area contributed by atoms with Crippen molar-refractivity contribution in [1.82, 2.24) is 15.3 Å². The minimum atomic E-state index is -0.143. The minimum absolute atomic E-state index is 0.143. The van der Waals surface area contributed by atoms with Crippen molar-refractivity contribution in [3.8, 4) is 0 Å². The maximum absolute atomic E-state index is 11.4. The molecule has 0 amide bonds. The number of hydrogen-bond donors (Lipinski definition) is 2. The maximum Gasteiger partial charge on any atom is 0.267 e. The number of anilines is 1. The highest BCUT2D eigenvalue weighted by Crippen LogP contribution is 2.18. The van der Waals surface area contributed by atoms with Crippen LogP contribution in [-0.2, 0) is 0 Å². The van der Waals surface area contributed by atoms with Gasteiger partial charge in [-0.3, -0.25) is 4.79 Å². The molecule has 1 aromatic rings. The number of halogens is 1. The van der Waals surface area contributed by atoms with Crippen LogP contribution in [0.5, 0.6) is 0 Å². The molecule has 1 heterocycles. The van der Waals surface area contributed by atoms with E-state index in [-0.39, 0.29) is 5.56 Å². The average Bonchev–Trinajstić information content (AvgIpc) is 2.28. The van der Waals surface area contributed by atoms with E-state index >= 15 is 0 Å². The predicted molar refractivity (Wildman–Crippen MR) is 69.0 cm³/mol. The van der Waals surface area contributed by atoms with E-state index in [1.165, 1.54) is 6.33 Å². The van der Waals surface area contributed by atoms with Crippen molar-refractivity contribution in [2.24, 2.45) is 0 Å². The highest BCUT2D eigenvalue weighted by Gasteiger charge is 2.12. The standard InChI is InChI=1S/C10H17BrN4O/c1-3-5-15(6-4-12-2)9-8(11)10(16)14-7-13-9/h7,12H,3-6H2,1-2H3,(H,13,14,16). The fraction of sp³-hybridized carbons (Fsp3) is 0.600. The van der Waals surface area contributed by atoms with Crippen molar-refractivity contribution in [3.63, 3.8) is 0 Å². The molecule has 1 aromatic heterocycles. The second kappa shape index (κ2) is 6.65. The molecule has 0 spiro atoms. The average molecular weight is 289 g/mol. The Kier molecular flexibility index (Phi) is 5.48. The molecule has 0 aliphatic carbocycles. The Morgan fingerprint density at radius 3 is 2.94 bits per heavy atom. The van der Waals surface area contributed by atoms with Gasteiger partial charge in [0.1, 0.15) is 10.3 Å². The summed E-state index contributed by atoms with van der Waals surface area (Å²) in [6.45, 7) is 4.69. The quantitative estimate of drug-likeness (QED) is 0.819. The molecule has 0 aliphatic heterocycles. The van der Waals surface area contributed by atoms with Gasteiger partial charge < -0.3 is 15.2 Å². The lowest BCUT2D eigenvalue weighted by molar-refractivity contribution is 0.699. The molecule has 0 unspecified atom stereocenters. The highest BCUT2D eigenvalue weighted by molar-refractivity contribution is 9.10. The Morgan fingerprint density at radius 2 is 2.31 bits per heavy atom. The van der Waals surface area contributed by atoms with Crippen molar-refractivity contribution >= 4 is 21.7 Å². The normalized spacial score (nSPS) is 10.4. The number of nitrogens with one attached hydrogen (secondary N) is 2. The van der Waals surface area contributed by atoms with Crippen molar-refractivity contribution in [2.45, 2.75) is 13.3 Å². The fourth-order valence-corrected chi connectivity index (χ4v) is 1.90. The summed E-state index contributed by atoms with van der Waals surface area (Å²) in [6, 6.07) is 0. The van der Waals surface area contributed by atoms with E-state index in [9.17, 15) is 4.79 Å². The molecule has 16 heavy (non-hydrogen) atoms. The first kappa shape index (κ1) is 13.2. The number of H-pyrrole nitrogens is 1. The largest absolute Gasteiger partial charge is 0.354 e. The number of aromatic nitrogens is 2. The summed E-state index contributed by atoms with van der Waals surface area (Å²) < 4.78 is 0.500. The summed E-state index contributed by atoms with van der Waals surface area (Å²) in [5.41, 5.74) is -0.143. The molecule has 0 saturated carbocycles. The van der Waals surface area contributed by atoms with Gasteiger partial charge in [-0.25, -0.2) is 4.98 Å². The summed E-state index contributed by atoms with van der Waals surface area (Å²) in [4.78, 5) is 20.3. The summed E-state index contributed by atoms with van der Waals surface area (Å²) >= 11 is 3.27. The third-order valence-electron chi connectivity index (χ3n) is 2.20. The Labute approximate surface area is 103 Å². The van der Waals surface area contributed by atoms with Crippen LogP contribution < -0.4 is 15.8 Å². The maximum atomic E-state index is 11.4. The topological polar surface area (TPSA) is 61.0 Å². The smallest absolute Gasteiger partial charge is 0.267 e. The molecular formula is C10H17BrN4O. The molecule has 5 nitrogen and oxygen atoms in total. The van der Waals surface area contributed by atoms with Crippen LogP contribution in [0.3, 0.4) is 0 Å². The molecule has 1 rings (SSSR count). The molecule has 0 aromatic carbocycles. The molecule has 6 heteroatoms.